The summed E-state index contributed by atoms with van der Waals surface area (Å²) in [5, 5.41) is 11.6. The van der Waals surface area contributed by atoms with Crippen LogP contribution < -0.4 is 10.1 Å². The number of likely N-dealkylation sites (N-methyl/N-ethyl adjacent to an activating group) is 1. The van der Waals surface area contributed by atoms with Crippen LogP contribution in [0.3, 0.4) is 0 Å². The minimum Gasteiger partial charge on any atom is -0.455 e. The van der Waals surface area contributed by atoms with Crippen LogP contribution in [-0.2, 0) is 0 Å². The molecule has 2 amide bonds. The van der Waals surface area contributed by atoms with E-state index in [1.807, 2.05) is 0 Å². The third-order valence-corrected chi connectivity index (χ3v) is 3.23. The average molecular weight is 336 g/mol. The number of aliphatic hydroxyl groups is 1. The highest BCUT2D eigenvalue weighted by atomic mass is 19.1. The number of carbonyl (C=O) groups is 1. The van der Waals surface area contributed by atoms with Crippen LogP contribution in [-0.4, -0.2) is 35.7 Å². The van der Waals surface area contributed by atoms with E-state index in [0.29, 0.717) is 12.2 Å². The maximum Gasteiger partial charge on any atom is 0.322 e. The van der Waals surface area contributed by atoms with Crippen molar-refractivity contribution in [1.29, 1.82) is 0 Å². The minimum atomic E-state index is -0.758. The van der Waals surface area contributed by atoms with E-state index in [4.69, 9.17) is 9.84 Å². The maximum atomic E-state index is 13.3. The van der Waals surface area contributed by atoms with Gasteiger partial charge in [-0.2, -0.15) is 0 Å². The molecule has 0 heterocycles. The van der Waals surface area contributed by atoms with Crippen LogP contribution in [0.5, 0.6) is 11.5 Å². The molecule has 0 saturated heterocycles. The molecule has 0 aliphatic heterocycles. The standard InChI is InChI=1S/C17H18F2N2O3/c1-2-21(7-8-22)17(23)20-15-5-3-4-6-16(15)24-14-10-12(18)9-13(19)11-14/h3-6,9-11,22H,2,7-8H2,1H3,(H,20,23). The van der Waals surface area contributed by atoms with E-state index in [2.05, 4.69) is 5.32 Å². The zero-order chi connectivity index (χ0) is 17.5. The number of rotatable bonds is 6. The Hall–Kier alpha value is -2.67. The Kier molecular flexibility index (Phi) is 6.08. The third kappa shape index (κ3) is 4.66. The number of aliphatic hydroxyl groups excluding tert-OH is 1. The van der Waals surface area contributed by atoms with Gasteiger partial charge in [0.15, 0.2) is 5.75 Å². The van der Waals surface area contributed by atoms with Crippen LogP contribution in [0.15, 0.2) is 42.5 Å². The fraction of sp³-hybridized carbons (Fsp3) is 0.235. The first-order valence-corrected chi connectivity index (χ1v) is 7.43. The number of halogens is 2. The second-order valence-corrected chi connectivity index (χ2v) is 4.94. The quantitative estimate of drug-likeness (QED) is 0.847. The Balaban J connectivity index is 2.19. The van der Waals surface area contributed by atoms with Crippen molar-refractivity contribution in [2.24, 2.45) is 0 Å². The van der Waals surface area contributed by atoms with Crippen LogP contribution in [0, 0.1) is 11.6 Å². The van der Waals surface area contributed by atoms with E-state index < -0.39 is 17.7 Å². The van der Waals surface area contributed by atoms with E-state index in [0.717, 1.165) is 18.2 Å². The summed E-state index contributed by atoms with van der Waals surface area (Å²) in [6, 6.07) is 8.97. The molecule has 0 fully saturated rings. The van der Waals surface area contributed by atoms with Gasteiger partial charge < -0.3 is 20.1 Å². The van der Waals surface area contributed by atoms with Crippen LogP contribution in [0.1, 0.15) is 6.92 Å². The molecule has 24 heavy (non-hydrogen) atoms. The van der Waals surface area contributed by atoms with E-state index in [1.54, 1.807) is 31.2 Å². The molecule has 0 unspecified atom stereocenters. The first kappa shape index (κ1) is 17.7. The minimum absolute atomic E-state index is 0.0168. The summed E-state index contributed by atoms with van der Waals surface area (Å²) < 4.78 is 32.0. The number of benzene rings is 2. The van der Waals surface area contributed by atoms with Crippen molar-refractivity contribution in [3.8, 4) is 11.5 Å². The highest BCUT2D eigenvalue weighted by molar-refractivity contribution is 5.91. The number of para-hydroxylation sites is 2. The van der Waals surface area contributed by atoms with Gasteiger partial charge in [0.1, 0.15) is 17.4 Å². The molecule has 2 aromatic carbocycles. The Labute approximate surface area is 138 Å². The molecule has 2 aromatic rings. The molecule has 7 heteroatoms. The van der Waals surface area contributed by atoms with Gasteiger partial charge in [0.05, 0.1) is 12.3 Å². The molecule has 128 valence electrons. The smallest absolute Gasteiger partial charge is 0.322 e. The van der Waals surface area contributed by atoms with Gasteiger partial charge in [0.2, 0.25) is 0 Å². The van der Waals surface area contributed by atoms with Gasteiger partial charge in [-0.1, -0.05) is 12.1 Å². The second-order valence-electron chi connectivity index (χ2n) is 4.94. The lowest BCUT2D eigenvalue weighted by molar-refractivity contribution is 0.192. The molecule has 2 N–H and O–H groups in total. The van der Waals surface area contributed by atoms with Gasteiger partial charge in [0, 0.05) is 31.3 Å². The van der Waals surface area contributed by atoms with Gasteiger partial charge in [-0.05, 0) is 19.1 Å². The van der Waals surface area contributed by atoms with E-state index in [9.17, 15) is 13.6 Å². The monoisotopic (exact) mass is 336 g/mol. The summed E-state index contributed by atoms with van der Waals surface area (Å²) >= 11 is 0. The molecule has 0 aliphatic carbocycles. The van der Waals surface area contributed by atoms with Crippen molar-refractivity contribution in [3.63, 3.8) is 0 Å². The molecule has 2 rings (SSSR count). The topological polar surface area (TPSA) is 61.8 Å². The molecular weight excluding hydrogens is 318 g/mol. The summed E-state index contributed by atoms with van der Waals surface area (Å²) in [5.41, 5.74) is 0.351. The molecular formula is C17H18F2N2O3. The normalized spacial score (nSPS) is 10.3. The SMILES string of the molecule is CCN(CCO)C(=O)Nc1ccccc1Oc1cc(F)cc(F)c1. The molecule has 0 aliphatic rings. The lowest BCUT2D eigenvalue weighted by Gasteiger charge is -2.21. The van der Waals surface area contributed by atoms with Gasteiger partial charge in [0.25, 0.3) is 0 Å². The number of anilines is 1. The molecule has 0 aromatic heterocycles. The van der Waals surface area contributed by atoms with Crippen LogP contribution in [0.2, 0.25) is 0 Å². The van der Waals surface area contributed by atoms with Crippen molar-refractivity contribution >= 4 is 11.7 Å². The highest BCUT2D eigenvalue weighted by Gasteiger charge is 2.14. The number of hydrogen-bond donors (Lipinski definition) is 2. The molecule has 0 saturated carbocycles. The number of hydrogen-bond acceptors (Lipinski definition) is 3. The van der Waals surface area contributed by atoms with Crippen molar-refractivity contribution in [2.75, 3.05) is 25.0 Å². The van der Waals surface area contributed by atoms with E-state index in [1.165, 1.54) is 4.90 Å². The number of urea groups is 1. The molecule has 0 spiro atoms. The third-order valence-electron chi connectivity index (χ3n) is 3.23. The lowest BCUT2D eigenvalue weighted by Crippen LogP contribution is -2.36. The first-order valence-electron chi connectivity index (χ1n) is 7.43. The average Bonchev–Trinajstić information content (AvgIpc) is 2.53. The van der Waals surface area contributed by atoms with Crippen LogP contribution >= 0.6 is 0 Å². The first-order chi connectivity index (χ1) is 11.5. The summed E-state index contributed by atoms with van der Waals surface area (Å²) in [5.74, 6) is -1.29. The van der Waals surface area contributed by atoms with E-state index >= 15 is 0 Å². The number of carbonyl (C=O) groups excluding carboxylic acids is 1. The van der Waals surface area contributed by atoms with Crippen molar-refractivity contribution in [3.05, 3.63) is 54.1 Å². The largest absolute Gasteiger partial charge is 0.455 e. The number of ether oxygens (including phenoxy) is 1. The predicted molar refractivity (Wildman–Crippen MR) is 86.2 cm³/mol. The second kappa shape index (κ2) is 8.26. The molecule has 5 nitrogen and oxygen atoms in total. The Morgan fingerprint density at radius 2 is 1.88 bits per heavy atom. The van der Waals surface area contributed by atoms with Gasteiger partial charge in [-0.3, -0.25) is 0 Å². The summed E-state index contributed by atoms with van der Waals surface area (Å²) in [7, 11) is 0. The lowest BCUT2D eigenvalue weighted by atomic mass is 10.3. The van der Waals surface area contributed by atoms with Crippen molar-refractivity contribution in [2.45, 2.75) is 6.92 Å². The van der Waals surface area contributed by atoms with Crippen LogP contribution in [0.4, 0.5) is 19.3 Å². The van der Waals surface area contributed by atoms with Gasteiger partial charge >= 0.3 is 6.03 Å². The Morgan fingerprint density at radius 1 is 1.21 bits per heavy atom. The van der Waals surface area contributed by atoms with E-state index in [-0.39, 0.29) is 24.7 Å². The zero-order valence-electron chi connectivity index (χ0n) is 13.1. The number of nitrogens with one attached hydrogen (secondary N) is 1. The Bertz CT molecular complexity index is 690. The summed E-state index contributed by atoms with van der Waals surface area (Å²) in [4.78, 5) is 13.6. The number of nitrogens with zero attached hydrogens (tertiary/aromatic N) is 1. The fourth-order valence-corrected chi connectivity index (χ4v) is 2.09. The predicted octanol–water partition coefficient (Wildman–Crippen LogP) is 3.60. The van der Waals surface area contributed by atoms with Gasteiger partial charge in [-0.15, -0.1) is 0 Å². The van der Waals surface area contributed by atoms with Crippen molar-refractivity contribution < 1.29 is 23.4 Å². The Morgan fingerprint density at radius 3 is 2.50 bits per heavy atom. The van der Waals surface area contributed by atoms with Crippen molar-refractivity contribution in [1.82, 2.24) is 4.90 Å². The number of amides is 2. The fourth-order valence-electron chi connectivity index (χ4n) is 2.09. The highest BCUT2D eigenvalue weighted by Crippen LogP contribution is 2.30. The maximum absolute atomic E-state index is 13.3. The van der Waals surface area contributed by atoms with Gasteiger partial charge in [-0.25, -0.2) is 13.6 Å². The molecule has 0 atom stereocenters. The molecule has 0 bridgehead atoms. The summed E-state index contributed by atoms with van der Waals surface area (Å²) in [6.45, 7) is 2.25. The molecule has 0 radical (unpaired) electrons. The van der Waals surface area contributed by atoms with Crippen LogP contribution in [0.25, 0.3) is 0 Å². The zero-order valence-corrected chi connectivity index (χ0v) is 13.1. The summed E-state index contributed by atoms with van der Waals surface area (Å²) in [6.07, 6.45) is 0.